The van der Waals surface area contributed by atoms with Gasteiger partial charge < -0.3 is 24.6 Å². The van der Waals surface area contributed by atoms with Crippen LogP contribution in [0.4, 0.5) is 4.79 Å². The summed E-state index contributed by atoms with van der Waals surface area (Å²) in [5, 5.41) is 3.38. The summed E-state index contributed by atoms with van der Waals surface area (Å²) in [6.45, 7) is 7.35. The minimum atomic E-state index is -0.229. The monoisotopic (exact) mass is 504 g/mol. The topological polar surface area (TPSA) is 66.4 Å². The van der Waals surface area contributed by atoms with Crippen LogP contribution in [-0.2, 0) is 15.9 Å². The first-order chi connectivity index (χ1) is 13.2. The van der Waals surface area contributed by atoms with Crippen LogP contribution in [-0.4, -0.2) is 81.4 Å². The van der Waals surface area contributed by atoms with E-state index in [2.05, 4.69) is 39.5 Å². The number of carbonyl (C=O) groups is 1. The number of hydrogen-bond acceptors (Lipinski definition) is 4. The molecule has 0 saturated carbocycles. The fourth-order valence-electron chi connectivity index (χ4n) is 2.96. The van der Waals surface area contributed by atoms with Gasteiger partial charge in [-0.15, -0.1) is 24.0 Å². The molecule has 1 saturated heterocycles. The summed E-state index contributed by atoms with van der Waals surface area (Å²) in [6.07, 6.45) is 1.64. The minimum Gasteiger partial charge on any atom is -0.450 e. The molecular formula is C20H33IN4O3. The van der Waals surface area contributed by atoms with Crippen LogP contribution in [0.15, 0.2) is 35.3 Å². The van der Waals surface area contributed by atoms with Crippen molar-refractivity contribution >= 4 is 36.0 Å². The third-order valence-corrected chi connectivity index (χ3v) is 4.44. The third kappa shape index (κ3) is 8.64. The standard InChI is InChI=1S/C20H32N4O3.HI/c1-3-27-20(25)24-14-12-23(13-15-24)19(21-2)22-11-7-16-26-17-10-18-8-5-4-6-9-18;/h4-6,8-9H,3,7,10-17H2,1-2H3,(H,21,22);1H. The number of carbonyl (C=O) groups excluding carboxylic acids is 1. The van der Waals surface area contributed by atoms with Crippen molar-refractivity contribution in [2.45, 2.75) is 19.8 Å². The Labute approximate surface area is 185 Å². The van der Waals surface area contributed by atoms with Crippen molar-refractivity contribution in [3.05, 3.63) is 35.9 Å². The highest BCUT2D eigenvalue weighted by Gasteiger charge is 2.23. The molecule has 1 N–H and O–H groups in total. The van der Waals surface area contributed by atoms with E-state index < -0.39 is 0 Å². The number of hydrogen-bond donors (Lipinski definition) is 1. The highest BCUT2D eigenvalue weighted by atomic mass is 127. The molecule has 1 aliphatic rings. The molecule has 1 amide bonds. The Hall–Kier alpha value is -1.55. The van der Waals surface area contributed by atoms with E-state index in [1.165, 1.54) is 5.56 Å². The number of amides is 1. The largest absolute Gasteiger partial charge is 0.450 e. The van der Waals surface area contributed by atoms with Crippen molar-refractivity contribution in [3.63, 3.8) is 0 Å². The fraction of sp³-hybridized carbons (Fsp3) is 0.600. The molecule has 0 atom stereocenters. The molecule has 0 spiro atoms. The Morgan fingerprint density at radius 3 is 2.43 bits per heavy atom. The van der Waals surface area contributed by atoms with E-state index in [0.29, 0.717) is 19.7 Å². The first-order valence-electron chi connectivity index (χ1n) is 9.73. The van der Waals surface area contributed by atoms with E-state index in [4.69, 9.17) is 9.47 Å². The average Bonchev–Trinajstić information content (AvgIpc) is 2.71. The molecule has 1 fully saturated rings. The van der Waals surface area contributed by atoms with Crippen LogP contribution >= 0.6 is 24.0 Å². The highest BCUT2D eigenvalue weighted by Crippen LogP contribution is 2.04. The van der Waals surface area contributed by atoms with E-state index in [-0.39, 0.29) is 30.1 Å². The number of benzene rings is 1. The maximum Gasteiger partial charge on any atom is 0.409 e. The SMILES string of the molecule is CCOC(=O)N1CCN(C(=NC)NCCCOCCc2ccccc2)CC1.I. The number of aliphatic imine (C=N–C) groups is 1. The van der Waals surface area contributed by atoms with Gasteiger partial charge in [0.2, 0.25) is 0 Å². The van der Waals surface area contributed by atoms with E-state index in [0.717, 1.165) is 51.6 Å². The Bertz CT molecular complexity index is 578. The zero-order valence-corrected chi connectivity index (χ0v) is 19.3. The average molecular weight is 504 g/mol. The predicted molar refractivity (Wildman–Crippen MR) is 123 cm³/mol. The van der Waals surface area contributed by atoms with Crippen LogP contribution in [0.1, 0.15) is 18.9 Å². The summed E-state index contributed by atoms with van der Waals surface area (Å²) in [4.78, 5) is 20.0. The lowest BCUT2D eigenvalue weighted by Gasteiger charge is -2.35. The molecule has 2 rings (SSSR count). The van der Waals surface area contributed by atoms with Crippen molar-refractivity contribution in [1.29, 1.82) is 0 Å². The second-order valence-corrected chi connectivity index (χ2v) is 6.35. The highest BCUT2D eigenvalue weighted by molar-refractivity contribution is 14.0. The van der Waals surface area contributed by atoms with Crippen molar-refractivity contribution in [3.8, 4) is 0 Å². The molecular weight excluding hydrogens is 471 g/mol. The van der Waals surface area contributed by atoms with Crippen molar-refractivity contribution in [2.24, 2.45) is 4.99 Å². The molecule has 0 bridgehead atoms. The van der Waals surface area contributed by atoms with Gasteiger partial charge in [-0.2, -0.15) is 0 Å². The maximum absolute atomic E-state index is 11.8. The number of rotatable bonds is 8. The van der Waals surface area contributed by atoms with Crippen LogP contribution in [0.3, 0.4) is 0 Å². The molecule has 28 heavy (non-hydrogen) atoms. The van der Waals surface area contributed by atoms with Gasteiger partial charge in [0.05, 0.1) is 13.2 Å². The number of nitrogens with one attached hydrogen (secondary N) is 1. The van der Waals surface area contributed by atoms with Gasteiger partial charge in [0.1, 0.15) is 0 Å². The van der Waals surface area contributed by atoms with Crippen LogP contribution in [0.2, 0.25) is 0 Å². The lowest BCUT2D eigenvalue weighted by molar-refractivity contribution is 0.0913. The van der Waals surface area contributed by atoms with Gasteiger partial charge in [-0.3, -0.25) is 4.99 Å². The van der Waals surface area contributed by atoms with Gasteiger partial charge in [0.15, 0.2) is 5.96 Å². The lowest BCUT2D eigenvalue weighted by Crippen LogP contribution is -2.54. The van der Waals surface area contributed by atoms with E-state index in [9.17, 15) is 4.79 Å². The summed E-state index contributed by atoms with van der Waals surface area (Å²) in [5.74, 6) is 0.878. The zero-order chi connectivity index (χ0) is 19.3. The Balaban J connectivity index is 0.00000392. The maximum atomic E-state index is 11.8. The number of halogens is 1. The Morgan fingerprint density at radius 2 is 1.79 bits per heavy atom. The second-order valence-electron chi connectivity index (χ2n) is 6.35. The molecule has 1 aromatic carbocycles. The van der Waals surface area contributed by atoms with Crippen molar-refractivity contribution < 1.29 is 14.3 Å². The number of guanidine groups is 1. The quantitative estimate of drug-likeness (QED) is 0.255. The fourth-order valence-corrected chi connectivity index (χ4v) is 2.96. The second kappa shape index (κ2) is 14.4. The Morgan fingerprint density at radius 1 is 1.11 bits per heavy atom. The number of piperazine rings is 1. The van der Waals surface area contributed by atoms with Crippen LogP contribution in [0, 0.1) is 0 Å². The molecule has 158 valence electrons. The summed E-state index contributed by atoms with van der Waals surface area (Å²) in [7, 11) is 1.79. The van der Waals surface area contributed by atoms with Gasteiger partial charge in [0, 0.05) is 46.4 Å². The van der Waals surface area contributed by atoms with E-state index in [1.807, 2.05) is 13.0 Å². The third-order valence-electron chi connectivity index (χ3n) is 4.44. The summed E-state index contributed by atoms with van der Waals surface area (Å²) in [6, 6.07) is 10.4. The molecule has 1 aliphatic heterocycles. The molecule has 0 aliphatic carbocycles. The molecule has 0 radical (unpaired) electrons. The molecule has 1 aromatic rings. The predicted octanol–water partition coefficient (Wildman–Crippen LogP) is 2.60. The van der Waals surface area contributed by atoms with Crippen LogP contribution < -0.4 is 5.32 Å². The van der Waals surface area contributed by atoms with Crippen molar-refractivity contribution in [2.75, 3.05) is 59.6 Å². The van der Waals surface area contributed by atoms with E-state index >= 15 is 0 Å². The molecule has 0 aromatic heterocycles. The molecule has 8 heteroatoms. The summed E-state index contributed by atoms with van der Waals surface area (Å²) in [5.41, 5.74) is 1.30. The first-order valence-corrected chi connectivity index (χ1v) is 9.73. The molecule has 7 nitrogen and oxygen atoms in total. The van der Waals surface area contributed by atoms with Gasteiger partial charge in [-0.05, 0) is 25.3 Å². The van der Waals surface area contributed by atoms with Crippen LogP contribution in [0.25, 0.3) is 0 Å². The smallest absolute Gasteiger partial charge is 0.409 e. The van der Waals surface area contributed by atoms with E-state index in [1.54, 1.807) is 11.9 Å². The lowest BCUT2D eigenvalue weighted by atomic mass is 10.2. The molecule has 0 unspecified atom stereocenters. The van der Waals surface area contributed by atoms with Gasteiger partial charge in [-0.1, -0.05) is 30.3 Å². The normalized spacial score (nSPS) is 14.4. The summed E-state index contributed by atoms with van der Waals surface area (Å²) >= 11 is 0. The number of nitrogens with zero attached hydrogens (tertiary/aromatic N) is 3. The number of ether oxygens (including phenoxy) is 2. The minimum absolute atomic E-state index is 0. The van der Waals surface area contributed by atoms with Gasteiger partial charge in [-0.25, -0.2) is 4.79 Å². The van der Waals surface area contributed by atoms with Crippen molar-refractivity contribution in [1.82, 2.24) is 15.1 Å². The van der Waals surface area contributed by atoms with Gasteiger partial charge >= 0.3 is 6.09 Å². The van der Waals surface area contributed by atoms with Crippen LogP contribution in [0.5, 0.6) is 0 Å². The summed E-state index contributed by atoms with van der Waals surface area (Å²) < 4.78 is 10.8. The zero-order valence-electron chi connectivity index (χ0n) is 16.9. The first kappa shape index (κ1) is 24.5. The van der Waals surface area contributed by atoms with Gasteiger partial charge in [0.25, 0.3) is 0 Å². The molecule has 1 heterocycles. The Kier molecular flexibility index (Phi) is 12.6.